The third-order valence-corrected chi connectivity index (χ3v) is 5.36. The van der Waals surface area contributed by atoms with Crippen LogP contribution in [0, 0.1) is 0 Å². The molecule has 5 nitrogen and oxygen atoms in total. The average Bonchev–Trinajstić information content (AvgIpc) is 2.74. The highest BCUT2D eigenvalue weighted by molar-refractivity contribution is 6.30. The van der Waals surface area contributed by atoms with Crippen LogP contribution in [0.2, 0.25) is 5.02 Å². The molecule has 0 unspecified atom stereocenters. The predicted octanol–water partition coefficient (Wildman–Crippen LogP) is 4.65. The van der Waals surface area contributed by atoms with Crippen LogP contribution in [0.5, 0.6) is 5.75 Å². The van der Waals surface area contributed by atoms with Crippen molar-refractivity contribution in [3.63, 3.8) is 0 Å². The molecule has 0 atom stereocenters. The minimum atomic E-state index is -0.114. The van der Waals surface area contributed by atoms with Crippen molar-refractivity contribution in [2.75, 3.05) is 12.4 Å². The summed E-state index contributed by atoms with van der Waals surface area (Å²) in [5.41, 5.74) is 5.82. The monoisotopic (exact) mass is 407 g/mol. The summed E-state index contributed by atoms with van der Waals surface area (Å²) in [5, 5.41) is 3.60. The molecule has 2 aromatic carbocycles. The number of hydrogen-bond acceptors (Lipinski definition) is 4. The summed E-state index contributed by atoms with van der Waals surface area (Å²) in [7, 11) is 1.67. The number of nitrogens with zero attached hydrogens (tertiary/aromatic N) is 2. The van der Waals surface area contributed by atoms with Crippen molar-refractivity contribution in [2.24, 2.45) is 0 Å². The quantitative estimate of drug-likeness (QED) is 0.668. The highest BCUT2D eigenvalue weighted by atomic mass is 35.5. The lowest BCUT2D eigenvalue weighted by Gasteiger charge is -2.21. The van der Waals surface area contributed by atoms with E-state index in [0.717, 1.165) is 46.8 Å². The first kappa shape index (κ1) is 19.4. The molecule has 1 N–H and O–H groups in total. The maximum absolute atomic E-state index is 12.5. The van der Waals surface area contributed by atoms with Crippen LogP contribution in [-0.2, 0) is 30.5 Å². The molecule has 1 aromatic heterocycles. The van der Waals surface area contributed by atoms with E-state index in [0.29, 0.717) is 17.3 Å². The zero-order valence-corrected chi connectivity index (χ0v) is 17.2. The van der Waals surface area contributed by atoms with Crippen LogP contribution < -0.4 is 10.1 Å². The van der Waals surface area contributed by atoms with Crippen LogP contribution in [0.3, 0.4) is 0 Å². The van der Waals surface area contributed by atoms with Crippen molar-refractivity contribution >= 4 is 23.3 Å². The highest BCUT2D eigenvalue weighted by Crippen LogP contribution is 2.34. The number of hydrogen-bond donors (Lipinski definition) is 1. The Bertz CT molecular complexity index is 1060. The second-order valence-corrected chi connectivity index (χ2v) is 7.48. The molecular weight excluding hydrogens is 386 g/mol. The fourth-order valence-corrected chi connectivity index (χ4v) is 3.72. The smallest absolute Gasteiger partial charge is 0.229 e. The molecule has 0 bridgehead atoms. The van der Waals surface area contributed by atoms with E-state index in [4.69, 9.17) is 26.3 Å². The van der Waals surface area contributed by atoms with E-state index in [2.05, 4.69) is 11.4 Å². The number of benzene rings is 2. The van der Waals surface area contributed by atoms with Crippen LogP contribution in [0.15, 0.2) is 42.5 Å². The lowest BCUT2D eigenvalue weighted by Crippen LogP contribution is -2.19. The van der Waals surface area contributed by atoms with Crippen molar-refractivity contribution in [1.29, 1.82) is 0 Å². The maximum atomic E-state index is 12.5. The van der Waals surface area contributed by atoms with Gasteiger partial charge in [0, 0.05) is 10.6 Å². The van der Waals surface area contributed by atoms with Crippen LogP contribution in [0.4, 0.5) is 5.82 Å². The number of nitrogens with one attached hydrogen (secondary N) is 1. The summed E-state index contributed by atoms with van der Waals surface area (Å²) >= 11 is 5.91. The topological polar surface area (TPSA) is 64.1 Å². The number of fused-ring (bicyclic) bond motifs is 3. The molecule has 29 heavy (non-hydrogen) atoms. The average molecular weight is 408 g/mol. The number of ether oxygens (including phenoxy) is 1. The number of methoxy groups -OCH3 is 1. The standard InChI is InChI=1S/C23H22ClN3O2/c1-3-19-23(27-21(28)12-14-4-7-16(24)8-5-14)26-20-11-6-15-13-17(29-2)9-10-18(15)22(20)25-19/h4-5,7-10,13H,3,6,11-12H2,1-2H3,(H,26,27,28). The van der Waals surface area contributed by atoms with Crippen molar-refractivity contribution in [3.8, 4) is 17.0 Å². The van der Waals surface area contributed by atoms with Gasteiger partial charge in [0.1, 0.15) is 5.75 Å². The largest absolute Gasteiger partial charge is 0.497 e. The Balaban J connectivity index is 1.60. The van der Waals surface area contributed by atoms with E-state index in [-0.39, 0.29) is 12.3 Å². The van der Waals surface area contributed by atoms with Gasteiger partial charge in [0.25, 0.3) is 0 Å². The zero-order chi connectivity index (χ0) is 20.4. The van der Waals surface area contributed by atoms with Gasteiger partial charge >= 0.3 is 0 Å². The molecule has 0 saturated heterocycles. The van der Waals surface area contributed by atoms with Gasteiger partial charge in [-0.2, -0.15) is 0 Å². The van der Waals surface area contributed by atoms with Crippen molar-refractivity contribution in [1.82, 2.24) is 9.97 Å². The Labute approximate surface area is 175 Å². The number of amides is 1. The fraction of sp³-hybridized carbons (Fsp3) is 0.261. The molecule has 0 fully saturated rings. The zero-order valence-electron chi connectivity index (χ0n) is 16.5. The number of rotatable bonds is 5. The van der Waals surface area contributed by atoms with Gasteiger partial charge in [-0.25, -0.2) is 9.97 Å². The van der Waals surface area contributed by atoms with Crippen LogP contribution >= 0.6 is 11.6 Å². The Morgan fingerprint density at radius 2 is 1.93 bits per heavy atom. The first-order valence-corrected chi connectivity index (χ1v) is 10.1. The number of aromatic nitrogens is 2. The maximum Gasteiger partial charge on any atom is 0.229 e. The van der Waals surface area contributed by atoms with Crippen molar-refractivity contribution in [2.45, 2.75) is 32.6 Å². The van der Waals surface area contributed by atoms with Crippen molar-refractivity contribution < 1.29 is 9.53 Å². The predicted molar refractivity (Wildman–Crippen MR) is 115 cm³/mol. The van der Waals surface area contributed by atoms with E-state index in [1.807, 2.05) is 31.2 Å². The summed E-state index contributed by atoms with van der Waals surface area (Å²) in [5.74, 6) is 1.29. The van der Waals surface area contributed by atoms with E-state index in [9.17, 15) is 4.79 Å². The first-order chi connectivity index (χ1) is 14.1. The fourth-order valence-electron chi connectivity index (χ4n) is 3.59. The minimum absolute atomic E-state index is 0.114. The van der Waals surface area contributed by atoms with E-state index in [1.165, 1.54) is 5.56 Å². The lowest BCUT2D eigenvalue weighted by atomic mass is 9.91. The summed E-state index contributed by atoms with van der Waals surface area (Å²) in [6.07, 6.45) is 2.61. The van der Waals surface area contributed by atoms with Crippen LogP contribution in [0.25, 0.3) is 11.3 Å². The Morgan fingerprint density at radius 3 is 2.66 bits per heavy atom. The van der Waals surface area contributed by atoms with Gasteiger partial charge in [-0.1, -0.05) is 30.7 Å². The van der Waals surface area contributed by atoms with Gasteiger partial charge in [-0.05, 0) is 60.7 Å². The third kappa shape index (κ3) is 4.10. The second-order valence-electron chi connectivity index (χ2n) is 7.04. The molecule has 1 aliphatic carbocycles. The molecule has 0 radical (unpaired) electrons. The summed E-state index contributed by atoms with van der Waals surface area (Å²) < 4.78 is 5.34. The molecule has 6 heteroatoms. The molecule has 0 saturated carbocycles. The van der Waals surface area contributed by atoms with Gasteiger partial charge in [-0.15, -0.1) is 0 Å². The normalized spacial score (nSPS) is 12.1. The Morgan fingerprint density at radius 1 is 1.14 bits per heavy atom. The number of carbonyl (C=O) groups is 1. The first-order valence-electron chi connectivity index (χ1n) is 9.68. The number of anilines is 1. The Kier molecular flexibility index (Phi) is 5.49. The lowest BCUT2D eigenvalue weighted by molar-refractivity contribution is -0.115. The molecule has 0 aliphatic heterocycles. The molecule has 4 rings (SSSR count). The number of carbonyl (C=O) groups excluding carboxylic acids is 1. The molecule has 148 valence electrons. The van der Waals surface area contributed by atoms with E-state index < -0.39 is 0 Å². The van der Waals surface area contributed by atoms with Gasteiger partial charge in [0.15, 0.2) is 5.82 Å². The molecule has 1 heterocycles. The van der Waals surface area contributed by atoms with E-state index in [1.54, 1.807) is 19.2 Å². The Hall–Kier alpha value is -2.92. The third-order valence-electron chi connectivity index (χ3n) is 5.11. The van der Waals surface area contributed by atoms with Crippen LogP contribution in [0.1, 0.15) is 29.4 Å². The minimum Gasteiger partial charge on any atom is -0.497 e. The summed E-state index contributed by atoms with van der Waals surface area (Å²) in [6.45, 7) is 2.02. The molecular formula is C23H22ClN3O2. The number of aryl methyl sites for hydroxylation is 3. The van der Waals surface area contributed by atoms with Gasteiger partial charge in [-0.3, -0.25) is 4.79 Å². The van der Waals surface area contributed by atoms with Gasteiger partial charge in [0.05, 0.1) is 30.6 Å². The second kappa shape index (κ2) is 8.21. The highest BCUT2D eigenvalue weighted by Gasteiger charge is 2.22. The molecule has 3 aromatic rings. The van der Waals surface area contributed by atoms with Crippen molar-refractivity contribution in [3.05, 3.63) is 70.0 Å². The van der Waals surface area contributed by atoms with Gasteiger partial charge < -0.3 is 10.1 Å². The number of halogens is 1. The summed E-state index contributed by atoms with van der Waals surface area (Å²) in [4.78, 5) is 22.2. The van der Waals surface area contributed by atoms with Crippen LogP contribution in [-0.4, -0.2) is 23.0 Å². The SMILES string of the molecule is CCc1nc2c(nc1NC(=O)Cc1ccc(Cl)cc1)CCc1cc(OC)ccc1-2. The molecule has 1 amide bonds. The molecule has 1 aliphatic rings. The van der Waals surface area contributed by atoms with Gasteiger partial charge in [0.2, 0.25) is 5.91 Å². The molecule has 0 spiro atoms. The summed E-state index contributed by atoms with van der Waals surface area (Å²) in [6, 6.07) is 13.3. The van der Waals surface area contributed by atoms with E-state index >= 15 is 0 Å².